The Morgan fingerprint density at radius 3 is 2.80 bits per heavy atom. The summed E-state index contributed by atoms with van der Waals surface area (Å²) in [6, 6.07) is 5.72. The van der Waals surface area contributed by atoms with E-state index in [0.29, 0.717) is 12.5 Å². The molecule has 0 bridgehead atoms. The van der Waals surface area contributed by atoms with Gasteiger partial charge in [0, 0.05) is 24.2 Å². The van der Waals surface area contributed by atoms with Gasteiger partial charge < -0.3 is 10.6 Å². The number of nitrogens with two attached hydrogens (primary N) is 1. The third kappa shape index (κ3) is 3.40. The van der Waals surface area contributed by atoms with Crippen molar-refractivity contribution < 1.29 is 4.79 Å². The quantitative estimate of drug-likeness (QED) is 0.852. The molecule has 0 unspecified atom stereocenters. The molecule has 0 aliphatic heterocycles. The van der Waals surface area contributed by atoms with Crippen molar-refractivity contribution in [2.75, 3.05) is 19.6 Å². The highest BCUT2D eigenvalue weighted by atomic mass is 16.2. The van der Waals surface area contributed by atoms with Crippen LogP contribution in [0.4, 0.5) is 0 Å². The van der Waals surface area contributed by atoms with Gasteiger partial charge in [-0.3, -0.25) is 4.79 Å². The molecule has 1 aromatic rings. The maximum Gasteiger partial charge on any atom is 0.254 e. The fourth-order valence-electron chi connectivity index (χ4n) is 2.29. The van der Waals surface area contributed by atoms with Gasteiger partial charge >= 0.3 is 0 Å². The summed E-state index contributed by atoms with van der Waals surface area (Å²) in [5, 5.41) is 0. The van der Waals surface area contributed by atoms with Crippen LogP contribution in [-0.4, -0.2) is 30.4 Å². The summed E-state index contributed by atoms with van der Waals surface area (Å²) in [6.45, 7) is 5.97. The van der Waals surface area contributed by atoms with Crippen LogP contribution in [-0.2, 0) is 0 Å². The van der Waals surface area contributed by atoms with Gasteiger partial charge in [0.1, 0.15) is 0 Å². The Hall–Kier alpha value is -1.79. The fourth-order valence-corrected chi connectivity index (χ4v) is 2.29. The van der Waals surface area contributed by atoms with Crippen molar-refractivity contribution in [2.45, 2.75) is 26.7 Å². The minimum Gasteiger partial charge on any atom is -0.339 e. The SMILES string of the molecule is CCN(CC1CC1)C(=O)c1cccc(C#CCN)c1C. The molecule has 0 heterocycles. The van der Waals surface area contributed by atoms with Gasteiger partial charge in [-0.05, 0) is 50.3 Å². The highest BCUT2D eigenvalue weighted by Gasteiger charge is 2.27. The first-order valence-electron chi connectivity index (χ1n) is 7.25. The first-order valence-corrected chi connectivity index (χ1v) is 7.25. The van der Waals surface area contributed by atoms with Crippen molar-refractivity contribution in [3.63, 3.8) is 0 Å². The molecule has 2 rings (SSSR count). The molecule has 1 amide bonds. The van der Waals surface area contributed by atoms with E-state index in [0.717, 1.165) is 29.8 Å². The van der Waals surface area contributed by atoms with Crippen LogP contribution in [0.3, 0.4) is 0 Å². The molecule has 0 atom stereocenters. The van der Waals surface area contributed by atoms with Gasteiger partial charge in [-0.25, -0.2) is 0 Å². The van der Waals surface area contributed by atoms with Crippen LogP contribution in [0.2, 0.25) is 0 Å². The molecule has 3 heteroatoms. The molecule has 2 N–H and O–H groups in total. The van der Waals surface area contributed by atoms with Crippen molar-refractivity contribution in [2.24, 2.45) is 11.7 Å². The molecular weight excluding hydrogens is 248 g/mol. The van der Waals surface area contributed by atoms with Crippen LogP contribution >= 0.6 is 0 Å². The zero-order valence-electron chi connectivity index (χ0n) is 12.3. The van der Waals surface area contributed by atoms with Crippen molar-refractivity contribution in [3.05, 3.63) is 34.9 Å². The highest BCUT2D eigenvalue weighted by molar-refractivity contribution is 5.96. The second kappa shape index (κ2) is 6.58. The first kappa shape index (κ1) is 14.6. The molecule has 20 heavy (non-hydrogen) atoms. The van der Waals surface area contributed by atoms with Gasteiger partial charge in [-0.15, -0.1) is 0 Å². The average molecular weight is 270 g/mol. The summed E-state index contributed by atoms with van der Waals surface area (Å²) in [5.41, 5.74) is 8.01. The lowest BCUT2D eigenvalue weighted by molar-refractivity contribution is 0.0756. The highest BCUT2D eigenvalue weighted by Crippen LogP contribution is 2.30. The molecule has 106 valence electrons. The van der Waals surface area contributed by atoms with Crippen molar-refractivity contribution >= 4 is 5.91 Å². The van der Waals surface area contributed by atoms with E-state index in [9.17, 15) is 4.79 Å². The number of carbonyl (C=O) groups is 1. The lowest BCUT2D eigenvalue weighted by atomic mass is 10.0. The molecule has 1 aliphatic carbocycles. The molecule has 1 aromatic carbocycles. The molecule has 1 aliphatic rings. The van der Waals surface area contributed by atoms with Crippen molar-refractivity contribution in [1.29, 1.82) is 0 Å². The molecule has 0 spiro atoms. The van der Waals surface area contributed by atoms with Crippen molar-refractivity contribution in [1.82, 2.24) is 4.90 Å². The predicted molar refractivity (Wildman–Crippen MR) is 81.4 cm³/mol. The fraction of sp³-hybridized carbons (Fsp3) is 0.471. The van der Waals surface area contributed by atoms with E-state index >= 15 is 0 Å². The van der Waals surface area contributed by atoms with E-state index in [-0.39, 0.29) is 5.91 Å². The molecule has 1 fully saturated rings. The van der Waals surface area contributed by atoms with Crippen molar-refractivity contribution in [3.8, 4) is 11.8 Å². The number of rotatable bonds is 4. The van der Waals surface area contributed by atoms with Gasteiger partial charge in [-0.2, -0.15) is 0 Å². The Bertz CT molecular complexity index is 550. The van der Waals surface area contributed by atoms with E-state index in [1.165, 1.54) is 12.8 Å². The van der Waals surface area contributed by atoms with Crippen LogP contribution in [0.25, 0.3) is 0 Å². The van der Waals surface area contributed by atoms with E-state index in [2.05, 4.69) is 11.8 Å². The van der Waals surface area contributed by atoms with E-state index in [1.807, 2.05) is 36.9 Å². The Labute approximate surface area is 121 Å². The second-order valence-corrected chi connectivity index (χ2v) is 5.27. The topological polar surface area (TPSA) is 46.3 Å². The minimum absolute atomic E-state index is 0.119. The summed E-state index contributed by atoms with van der Waals surface area (Å²) in [6.07, 6.45) is 2.51. The molecule has 0 saturated heterocycles. The summed E-state index contributed by atoms with van der Waals surface area (Å²) in [4.78, 5) is 14.6. The average Bonchev–Trinajstić information content (AvgIpc) is 3.27. The number of hydrogen-bond donors (Lipinski definition) is 1. The standard InChI is InChI=1S/C17H22N2O/c1-3-19(12-14-9-10-14)17(20)16-8-4-6-15(13(16)2)7-5-11-18/h4,6,8,14H,3,9-12,18H2,1-2H3. The Morgan fingerprint density at radius 1 is 1.45 bits per heavy atom. The number of benzene rings is 1. The normalized spacial score (nSPS) is 13.6. The Kier molecular flexibility index (Phi) is 4.81. The molecule has 0 aromatic heterocycles. The number of hydrogen-bond acceptors (Lipinski definition) is 2. The molecule has 0 radical (unpaired) electrons. The number of nitrogens with zero attached hydrogens (tertiary/aromatic N) is 1. The predicted octanol–water partition coefficient (Wildman–Crippen LogP) is 2.18. The maximum absolute atomic E-state index is 12.6. The van der Waals surface area contributed by atoms with Gasteiger partial charge in [0.2, 0.25) is 0 Å². The largest absolute Gasteiger partial charge is 0.339 e. The van der Waals surface area contributed by atoms with Crippen LogP contribution in [0, 0.1) is 24.7 Å². The lowest BCUT2D eigenvalue weighted by Gasteiger charge is -2.22. The monoisotopic (exact) mass is 270 g/mol. The van der Waals surface area contributed by atoms with Crippen LogP contribution in [0.5, 0.6) is 0 Å². The van der Waals surface area contributed by atoms with Crippen LogP contribution < -0.4 is 5.73 Å². The van der Waals surface area contributed by atoms with Crippen LogP contribution in [0.15, 0.2) is 18.2 Å². The zero-order chi connectivity index (χ0) is 14.5. The summed E-state index contributed by atoms with van der Waals surface area (Å²) < 4.78 is 0. The van der Waals surface area contributed by atoms with E-state index in [1.54, 1.807) is 0 Å². The van der Waals surface area contributed by atoms with Gasteiger partial charge in [0.25, 0.3) is 5.91 Å². The van der Waals surface area contributed by atoms with Crippen LogP contribution in [0.1, 0.15) is 41.3 Å². The number of amides is 1. The van der Waals surface area contributed by atoms with E-state index < -0.39 is 0 Å². The summed E-state index contributed by atoms with van der Waals surface area (Å²) in [7, 11) is 0. The summed E-state index contributed by atoms with van der Waals surface area (Å²) >= 11 is 0. The molecule has 3 nitrogen and oxygen atoms in total. The van der Waals surface area contributed by atoms with E-state index in [4.69, 9.17) is 5.73 Å². The first-order chi connectivity index (χ1) is 9.67. The molecule has 1 saturated carbocycles. The van der Waals surface area contributed by atoms with Gasteiger partial charge in [0.05, 0.1) is 6.54 Å². The Balaban J connectivity index is 2.23. The third-order valence-corrected chi connectivity index (χ3v) is 3.73. The molecular formula is C17H22N2O. The summed E-state index contributed by atoms with van der Waals surface area (Å²) in [5.74, 6) is 6.71. The number of carbonyl (C=O) groups excluding carboxylic acids is 1. The third-order valence-electron chi connectivity index (χ3n) is 3.73. The zero-order valence-corrected chi connectivity index (χ0v) is 12.3. The maximum atomic E-state index is 12.6. The Morgan fingerprint density at radius 2 is 2.20 bits per heavy atom. The smallest absolute Gasteiger partial charge is 0.254 e. The second-order valence-electron chi connectivity index (χ2n) is 5.27. The van der Waals surface area contributed by atoms with Gasteiger partial charge in [-0.1, -0.05) is 17.9 Å². The lowest BCUT2D eigenvalue weighted by Crippen LogP contribution is -2.33. The minimum atomic E-state index is 0.119. The van der Waals surface area contributed by atoms with Gasteiger partial charge in [0.15, 0.2) is 0 Å².